The second-order valence-electron chi connectivity index (χ2n) is 6.83. The Morgan fingerprint density at radius 3 is 3.00 bits per heavy atom. The summed E-state index contributed by atoms with van der Waals surface area (Å²) in [5.74, 6) is 0.730. The van der Waals surface area contributed by atoms with Crippen LogP contribution in [-0.4, -0.2) is 30.1 Å². The molecule has 1 aromatic carbocycles. The lowest BCUT2D eigenvalue weighted by atomic mass is 10.1. The first-order valence-electron chi connectivity index (χ1n) is 8.39. The van der Waals surface area contributed by atoms with Crippen molar-refractivity contribution in [1.82, 2.24) is 4.90 Å². The van der Waals surface area contributed by atoms with Gasteiger partial charge in [-0.1, -0.05) is 26.0 Å². The van der Waals surface area contributed by atoms with Gasteiger partial charge in [0.05, 0.1) is 0 Å². The van der Waals surface area contributed by atoms with Crippen LogP contribution in [0.1, 0.15) is 44.2 Å². The van der Waals surface area contributed by atoms with Gasteiger partial charge in [-0.2, -0.15) is 0 Å². The highest BCUT2D eigenvalue weighted by Gasteiger charge is 2.26. The first-order chi connectivity index (χ1) is 10.6. The van der Waals surface area contributed by atoms with Crippen LogP contribution in [-0.2, 0) is 22.6 Å². The maximum Gasteiger partial charge on any atom is 0.253 e. The number of rotatable bonds is 5. The van der Waals surface area contributed by atoms with E-state index in [0.29, 0.717) is 6.61 Å². The third kappa shape index (κ3) is 3.50. The summed E-state index contributed by atoms with van der Waals surface area (Å²) in [7, 11) is 0. The Hall–Kier alpha value is -1.39. The molecule has 120 valence electrons. The number of hydrogen-bond donors (Lipinski definition) is 1. The van der Waals surface area contributed by atoms with Crippen molar-refractivity contribution in [3.8, 4) is 0 Å². The predicted molar refractivity (Wildman–Crippen MR) is 87.6 cm³/mol. The van der Waals surface area contributed by atoms with Crippen molar-refractivity contribution in [3.63, 3.8) is 0 Å². The molecule has 0 radical (unpaired) electrons. The summed E-state index contributed by atoms with van der Waals surface area (Å²) < 4.78 is 5.47. The number of carbonyl (C=O) groups is 1. The van der Waals surface area contributed by atoms with E-state index in [-0.39, 0.29) is 12.0 Å². The highest BCUT2D eigenvalue weighted by atomic mass is 16.5. The van der Waals surface area contributed by atoms with E-state index in [9.17, 15) is 4.79 Å². The maximum absolute atomic E-state index is 12.3. The maximum atomic E-state index is 12.3. The monoisotopic (exact) mass is 302 g/mol. The summed E-state index contributed by atoms with van der Waals surface area (Å²) >= 11 is 0. The van der Waals surface area contributed by atoms with Crippen LogP contribution in [0.5, 0.6) is 0 Å². The molecule has 4 nitrogen and oxygen atoms in total. The minimum Gasteiger partial charge on any atom is -0.368 e. The Morgan fingerprint density at radius 2 is 2.27 bits per heavy atom. The fraction of sp³-hybridized carbons (Fsp3) is 0.611. The highest BCUT2D eigenvalue weighted by Crippen LogP contribution is 2.30. The van der Waals surface area contributed by atoms with Crippen molar-refractivity contribution in [2.45, 2.75) is 52.3 Å². The number of nitrogens with zero attached hydrogens (tertiary/aromatic N) is 1. The minimum absolute atomic E-state index is 0.00605. The summed E-state index contributed by atoms with van der Waals surface area (Å²) in [6, 6.07) is 6.22. The van der Waals surface area contributed by atoms with Gasteiger partial charge in [0.2, 0.25) is 0 Å². The summed E-state index contributed by atoms with van der Waals surface area (Å²) in [4.78, 5) is 14.7. The number of nitrogens with one attached hydrogen (secondary N) is 1. The van der Waals surface area contributed by atoms with Crippen LogP contribution < -0.4 is 5.32 Å². The highest BCUT2D eigenvalue weighted by molar-refractivity contribution is 5.95. The number of carbonyl (C=O) groups excluding carboxylic acids is 1. The number of anilines is 1. The average Bonchev–Trinajstić information content (AvgIpc) is 3.14. The average molecular weight is 302 g/mol. The van der Waals surface area contributed by atoms with Gasteiger partial charge >= 0.3 is 0 Å². The number of amides is 1. The Bertz CT molecular complexity index is 536. The molecule has 1 aromatic rings. The normalized spacial score (nSPS) is 21.3. The van der Waals surface area contributed by atoms with Gasteiger partial charge in [0.15, 0.2) is 0 Å². The lowest BCUT2D eigenvalue weighted by Crippen LogP contribution is -2.27. The molecular weight excluding hydrogens is 276 g/mol. The molecule has 0 aromatic heterocycles. The van der Waals surface area contributed by atoms with Crippen LogP contribution in [0.3, 0.4) is 0 Å². The quantitative estimate of drug-likeness (QED) is 0.908. The third-order valence-electron chi connectivity index (χ3n) is 4.55. The molecule has 3 rings (SSSR count). The zero-order valence-electron chi connectivity index (χ0n) is 13.6. The zero-order valence-corrected chi connectivity index (χ0v) is 13.6. The van der Waals surface area contributed by atoms with Gasteiger partial charge in [-0.15, -0.1) is 0 Å². The first kappa shape index (κ1) is 15.5. The van der Waals surface area contributed by atoms with E-state index >= 15 is 0 Å². The van der Waals surface area contributed by atoms with E-state index in [0.717, 1.165) is 44.1 Å². The van der Waals surface area contributed by atoms with Crippen LogP contribution in [0.2, 0.25) is 0 Å². The molecule has 2 aliphatic rings. The molecule has 2 heterocycles. The van der Waals surface area contributed by atoms with E-state index in [1.165, 1.54) is 17.5 Å². The molecular formula is C18H26N2O2. The van der Waals surface area contributed by atoms with Gasteiger partial charge in [0.1, 0.15) is 6.10 Å². The Balaban J connectivity index is 1.65. The molecule has 0 saturated carbocycles. The molecule has 1 fully saturated rings. The van der Waals surface area contributed by atoms with E-state index in [1.54, 1.807) is 0 Å². The SMILES string of the molecule is CC(C)CCN1Cc2cccc(NC(=O)[C@H]3CCCO3)c2C1. The molecule has 0 aliphatic carbocycles. The van der Waals surface area contributed by atoms with Crippen LogP contribution in [0.15, 0.2) is 18.2 Å². The third-order valence-corrected chi connectivity index (χ3v) is 4.55. The number of hydrogen-bond acceptors (Lipinski definition) is 3. The van der Waals surface area contributed by atoms with Gasteiger partial charge in [-0.25, -0.2) is 0 Å². The topological polar surface area (TPSA) is 41.6 Å². The second-order valence-corrected chi connectivity index (χ2v) is 6.83. The second kappa shape index (κ2) is 6.80. The Morgan fingerprint density at radius 1 is 1.41 bits per heavy atom. The van der Waals surface area contributed by atoms with E-state index in [4.69, 9.17) is 4.74 Å². The number of benzene rings is 1. The van der Waals surface area contributed by atoms with Crippen molar-refractivity contribution in [3.05, 3.63) is 29.3 Å². The molecule has 22 heavy (non-hydrogen) atoms. The number of ether oxygens (including phenoxy) is 1. The van der Waals surface area contributed by atoms with Gasteiger partial charge in [-0.3, -0.25) is 9.69 Å². The molecule has 1 amide bonds. The van der Waals surface area contributed by atoms with Crippen LogP contribution in [0, 0.1) is 5.92 Å². The molecule has 0 bridgehead atoms. The van der Waals surface area contributed by atoms with Crippen LogP contribution >= 0.6 is 0 Å². The lowest BCUT2D eigenvalue weighted by molar-refractivity contribution is -0.124. The van der Waals surface area contributed by atoms with Gasteiger partial charge in [0.25, 0.3) is 5.91 Å². The van der Waals surface area contributed by atoms with E-state index in [1.807, 2.05) is 12.1 Å². The van der Waals surface area contributed by atoms with Gasteiger partial charge in [-0.05, 0) is 48.9 Å². The molecule has 2 aliphatic heterocycles. The van der Waals surface area contributed by atoms with E-state index in [2.05, 4.69) is 30.1 Å². The molecule has 1 saturated heterocycles. The van der Waals surface area contributed by atoms with Crippen molar-refractivity contribution in [2.24, 2.45) is 5.92 Å². The molecule has 1 atom stereocenters. The van der Waals surface area contributed by atoms with Crippen LogP contribution in [0.4, 0.5) is 5.69 Å². The largest absolute Gasteiger partial charge is 0.368 e. The zero-order chi connectivity index (χ0) is 15.5. The minimum atomic E-state index is -0.269. The van der Waals surface area contributed by atoms with Gasteiger partial charge < -0.3 is 10.1 Å². The molecule has 0 spiro atoms. The summed E-state index contributed by atoms with van der Waals surface area (Å²) in [6.07, 6.45) is 2.76. The Kier molecular flexibility index (Phi) is 4.79. The fourth-order valence-corrected chi connectivity index (χ4v) is 3.20. The smallest absolute Gasteiger partial charge is 0.253 e. The van der Waals surface area contributed by atoms with Crippen molar-refractivity contribution >= 4 is 11.6 Å². The molecule has 1 N–H and O–H groups in total. The fourth-order valence-electron chi connectivity index (χ4n) is 3.20. The van der Waals surface area contributed by atoms with Crippen molar-refractivity contribution in [1.29, 1.82) is 0 Å². The van der Waals surface area contributed by atoms with Crippen molar-refractivity contribution in [2.75, 3.05) is 18.5 Å². The van der Waals surface area contributed by atoms with Crippen LogP contribution in [0.25, 0.3) is 0 Å². The first-order valence-corrected chi connectivity index (χ1v) is 8.39. The number of fused-ring (bicyclic) bond motifs is 1. The summed E-state index contributed by atoms with van der Waals surface area (Å²) in [5, 5.41) is 3.08. The Labute approximate surface area is 132 Å². The predicted octanol–water partition coefficient (Wildman–Crippen LogP) is 3.17. The van der Waals surface area contributed by atoms with E-state index < -0.39 is 0 Å². The molecule has 4 heteroatoms. The van der Waals surface area contributed by atoms with Gasteiger partial charge in [0, 0.05) is 25.4 Å². The molecule has 0 unspecified atom stereocenters. The standard InChI is InChI=1S/C18H26N2O2/c1-13(2)8-9-20-11-14-5-3-6-16(15(14)12-20)19-18(21)17-7-4-10-22-17/h3,5-6,13,17H,4,7-12H2,1-2H3,(H,19,21)/t17-/m1/s1. The summed E-state index contributed by atoms with van der Waals surface area (Å²) in [5.41, 5.74) is 3.58. The lowest BCUT2D eigenvalue weighted by Gasteiger charge is -2.16. The summed E-state index contributed by atoms with van der Waals surface area (Å²) in [6.45, 7) is 8.27. The van der Waals surface area contributed by atoms with Crippen molar-refractivity contribution < 1.29 is 9.53 Å².